The third-order valence-electron chi connectivity index (χ3n) is 3.25. The molecule has 0 aliphatic carbocycles. The Morgan fingerprint density at radius 2 is 2.24 bits per heavy atom. The van der Waals surface area contributed by atoms with Crippen molar-refractivity contribution in [2.45, 2.75) is 31.8 Å². The van der Waals surface area contributed by atoms with E-state index in [-0.39, 0.29) is 0 Å². The predicted octanol–water partition coefficient (Wildman–Crippen LogP) is 1.70. The van der Waals surface area contributed by atoms with Crippen molar-refractivity contribution in [3.8, 4) is 0 Å². The summed E-state index contributed by atoms with van der Waals surface area (Å²) >= 11 is 5.72. The lowest BCUT2D eigenvalue weighted by Crippen LogP contribution is -2.32. The molecular weight excluding hydrogens is 236 g/mol. The van der Waals surface area contributed by atoms with Crippen molar-refractivity contribution in [1.29, 1.82) is 0 Å². The fourth-order valence-electron chi connectivity index (χ4n) is 2.25. The lowest BCUT2D eigenvalue weighted by molar-refractivity contribution is 0.214. The number of nitrogens with one attached hydrogen (secondary N) is 1. The molecule has 94 valence electrons. The number of hydrogen-bond acceptors (Lipinski definition) is 4. The van der Waals surface area contributed by atoms with Crippen LogP contribution in [-0.2, 0) is 6.54 Å². The van der Waals surface area contributed by atoms with E-state index in [4.69, 9.17) is 11.6 Å². The molecule has 0 amide bonds. The van der Waals surface area contributed by atoms with Crippen LogP contribution in [0.4, 0.5) is 0 Å². The number of hydrogen-bond donors (Lipinski definition) is 1. The minimum atomic E-state index is 0.454. The van der Waals surface area contributed by atoms with Gasteiger partial charge in [-0.15, -0.1) is 0 Å². The molecule has 0 bridgehead atoms. The summed E-state index contributed by atoms with van der Waals surface area (Å²) in [4.78, 5) is 10.7. The van der Waals surface area contributed by atoms with Crippen molar-refractivity contribution in [1.82, 2.24) is 20.2 Å². The molecule has 1 saturated heterocycles. The molecule has 17 heavy (non-hydrogen) atoms. The maximum absolute atomic E-state index is 5.72. The second-order valence-electron chi connectivity index (χ2n) is 4.58. The molecule has 1 atom stereocenters. The van der Waals surface area contributed by atoms with Crippen LogP contribution in [0.3, 0.4) is 0 Å². The smallest absolute Gasteiger partial charge is 0.147 e. The highest BCUT2D eigenvalue weighted by Crippen LogP contribution is 2.14. The zero-order valence-corrected chi connectivity index (χ0v) is 11.0. The third-order valence-corrected chi connectivity index (χ3v) is 3.45. The Morgan fingerprint density at radius 1 is 1.35 bits per heavy atom. The molecule has 0 saturated carbocycles. The van der Waals surface area contributed by atoms with Gasteiger partial charge in [-0.3, -0.25) is 9.88 Å². The number of aromatic nitrogens is 2. The average Bonchev–Trinajstić information content (AvgIpc) is 2.61. The molecule has 0 aromatic carbocycles. The minimum Gasteiger partial charge on any atom is -0.317 e. The van der Waals surface area contributed by atoms with E-state index in [9.17, 15) is 0 Å². The summed E-state index contributed by atoms with van der Waals surface area (Å²) in [5, 5.41) is 3.89. The lowest BCUT2D eigenvalue weighted by atomic mass is 10.1. The van der Waals surface area contributed by atoms with Crippen molar-refractivity contribution < 1.29 is 0 Å². The van der Waals surface area contributed by atoms with Crippen molar-refractivity contribution >= 4 is 11.6 Å². The van der Waals surface area contributed by atoms with Crippen LogP contribution in [0.5, 0.6) is 0 Å². The molecule has 5 heteroatoms. The number of nitrogens with zero attached hydrogens (tertiary/aromatic N) is 3. The molecule has 1 fully saturated rings. The summed E-state index contributed by atoms with van der Waals surface area (Å²) in [5.41, 5.74) is 0.981. The van der Waals surface area contributed by atoms with Gasteiger partial charge in [0.1, 0.15) is 5.15 Å². The normalized spacial score (nSPS) is 21.5. The largest absolute Gasteiger partial charge is 0.317 e. The summed E-state index contributed by atoms with van der Waals surface area (Å²) in [6, 6.07) is 0.641. The van der Waals surface area contributed by atoms with Gasteiger partial charge >= 0.3 is 0 Å². The molecule has 1 unspecified atom stereocenters. The van der Waals surface area contributed by atoms with E-state index >= 15 is 0 Å². The van der Waals surface area contributed by atoms with Crippen LogP contribution in [0, 0.1) is 0 Å². The van der Waals surface area contributed by atoms with Gasteiger partial charge in [-0.05, 0) is 39.4 Å². The molecule has 1 aromatic heterocycles. The van der Waals surface area contributed by atoms with Gasteiger partial charge in [0, 0.05) is 12.6 Å². The fraction of sp³-hybridized carbons (Fsp3) is 0.667. The van der Waals surface area contributed by atoms with Gasteiger partial charge in [0.05, 0.1) is 18.1 Å². The highest BCUT2D eigenvalue weighted by Gasteiger charge is 2.17. The Bertz CT molecular complexity index is 333. The van der Waals surface area contributed by atoms with E-state index in [1.54, 1.807) is 12.4 Å². The highest BCUT2D eigenvalue weighted by atomic mass is 35.5. The molecule has 1 aliphatic rings. The quantitative estimate of drug-likeness (QED) is 0.892. The Hall–Kier alpha value is -0.710. The summed E-state index contributed by atoms with van der Waals surface area (Å²) in [7, 11) is 2.16. The number of rotatable bonds is 3. The van der Waals surface area contributed by atoms with Gasteiger partial charge in [-0.2, -0.15) is 0 Å². The molecule has 0 radical (unpaired) electrons. The van der Waals surface area contributed by atoms with E-state index in [1.807, 2.05) is 0 Å². The van der Waals surface area contributed by atoms with Crippen LogP contribution < -0.4 is 5.32 Å². The molecule has 2 heterocycles. The Morgan fingerprint density at radius 3 is 3.00 bits per heavy atom. The SMILES string of the molecule is CN(Cc1cnc(Cl)cn1)C1CCCNCC1. The van der Waals surface area contributed by atoms with Crippen LogP contribution in [0.2, 0.25) is 5.15 Å². The molecule has 1 aromatic rings. The molecule has 1 N–H and O–H groups in total. The first-order valence-corrected chi connectivity index (χ1v) is 6.51. The molecule has 0 spiro atoms. The number of halogens is 1. The Balaban J connectivity index is 1.90. The van der Waals surface area contributed by atoms with Crippen molar-refractivity contribution in [2.24, 2.45) is 0 Å². The van der Waals surface area contributed by atoms with Crippen LogP contribution in [-0.4, -0.2) is 41.0 Å². The zero-order chi connectivity index (χ0) is 12.1. The van der Waals surface area contributed by atoms with Gasteiger partial charge in [-0.25, -0.2) is 4.98 Å². The summed E-state index contributed by atoms with van der Waals surface area (Å²) in [6.07, 6.45) is 7.08. The van der Waals surface area contributed by atoms with E-state index in [2.05, 4.69) is 27.2 Å². The molecular formula is C12H19ClN4. The summed E-state index contributed by atoms with van der Waals surface area (Å²) in [5.74, 6) is 0. The van der Waals surface area contributed by atoms with Crippen molar-refractivity contribution in [3.05, 3.63) is 23.2 Å². The monoisotopic (exact) mass is 254 g/mol. The van der Waals surface area contributed by atoms with E-state index in [1.165, 1.54) is 19.3 Å². The van der Waals surface area contributed by atoms with Gasteiger partial charge in [0.15, 0.2) is 0 Å². The average molecular weight is 255 g/mol. The summed E-state index contributed by atoms with van der Waals surface area (Å²) in [6.45, 7) is 3.10. The van der Waals surface area contributed by atoms with Crippen LogP contribution >= 0.6 is 11.6 Å². The highest BCUT2D eigenvalue weighted by molar-refractivity contribution is 6.29. The second kappa shape index (κ2) is 6.28. The zero-order valence-electron chi connectivity index (χ0n) is 10.2. The van der Waals surface area contributed by atoms with Crippen LogP contribution in [0.25, 0.3) is 0 Å². The molecule has 1 aliphatic heterocycles. The topological polar surface area (TPSA) is 41.1 Å². The molecule has 4 nitrogen and oxygen atoms in total. The summed E-state index contributed by atoms with van der Waals surface area (Å²) < 4.78 is 0. The van der Waals surface area contributed by atoms with Gasteiger partial charge in [0.2, 0.25) is 0 Å². The lowest BCUT2D eigenvalue weighted by Gasteiger charge is -2.26. The molecule has 2 rings (SSSR count). The minimum absolute atomic E-state index is 0.454. The van der Waals surface area contributed by atoms with Crippen LogP contribution in [0.1, 0.15) is 25.0 Å². The maximum atomic E-state index is 5.72. The fourth-order valence-corrected chi connectivity index (χ4v) is 2.34. The Labute approximate surface area is 107 Å². The van der Waals surface area contributed by atoms with Crippen molar-refractivity contribution in [3.63, 3.8) is 0 Å². The Kier molecular flexibility index (Phi) is 4.71. The van der Waals surface area contributed by atoms with Crippen LogP contribution in [0.15, 0.2) is 12.4 Å². The van der Waals surface area contributed by atoms with E-state index < -0.39 is 0 Å². The predicted molar refractivity (Wildman–Crippen MR) is 69.0 cm³/mol. The van der Waals surface area contributed by atoms with E-state index in [0.29, 0.717) is 11.2 Å². The first-order valence-electron chi connectivity index (χ1n) is 6.13. The standard InChI is InChI=1S/C12H19ClN4/c1-17(11-3-2-5-14-6-4-11)9-10-7-16-12(13)8-15-10/h7-8,11,14H,2-6,9H2,1H3. The van der Waals surface area contributed by atoms with Gasteiger partial charge < -0.3 is 5.32 Å². The van der Waals surface area contributed by atoms with Gasteiger partial charge in [-0.1, -0.05) is 11.6 Å². The first-order chi connectivity index (χ1) is 8.25. The second-order valence-corrected chi connectivity index (χ2v) is 4.97. The first kappa shape index (κ1) is 12.7. The van der Waals surface area contributed by atoms with Crippen molar-refractivity contribution in [2.75, 3.05) is 20.1 Å². The van der Waals surface area contributed by atoms with Gasteiger partial charge in [0.25, 0.3) is 0 Å². The maximum Gasteiger partial charge on any atom is 0.147 e. The van der Waals surface area contributed by atoms with E-state index in [0.717, 1.165) is 25.3 Å². The third kappa shape index (κ3) is 3.91.